The van der Waals surface area contributed by atoms with Crippen LogP contribution in [0.25, 0.3) is 0 Å². The highest BCUT2D eigenvalue weighted by molar-refractivity contribution is 5.84. The zero-order valence-corrected chi connectivity index (χ0v) is 14.2. The van der Waals surface area contributed by atoms with Gasteiger partial charge in [0.2, 0.25) is 0 Å². The van der Waals surface area contributed by atoms with Gasteiger partial charge in [-0.1, -0.05) is 13.8 Å². The average molecular weight is 352 g/mol. The molecule has 0 aromatic carbocycles. The second-order valence-corrected chi connectivity index (χ2v) is 7.74. The van der Waals surface area contributed by atoms with Crippen LogP contribution in [0.3, 0.4) is 0 Å². The number of Topliss-reactive ketones (excluding diaryl/α,β-unsaturated/α-hetero) is 1. The molecule has 1 saturated heterocycles. The molecule has 5 atom stereocenters. The first-order valence-electron chi connectivity index (χ1n) is 8.36. The maximum atomic E-state index is 12.8. The van der Waals surface area contributed by atoms with E-state index in [-0.39, 0.29) is 17.3 Å². The number of aromatic nitrogens is 2. The molecule has 3 rings (SSSR count). The largest absolute Gasteiger partial charge is 0.358 e. The van der Waals surface area contributed by atoms with Gasteiger partial charge >= 0.3 is 0 Å². The highest BCUT2D eigenvalue weighted by atomic mass is 19.3. The number of fused-ring (bicyclic) bond motifs is 1. The van der Waals surface area contributed by atoms with Crippen LogP contribution in [-0.2, 0) is 16.1 Å². The maximum Gasteiger partial charge on any atom is 0.257 e. The van der Waals surface area contributed by atoms with E-state index in [1.54, 1.807) is 0 Å². The molecule has 136 valence electrons. The van der Waals surface area contributed by atoms with Crippen molar-refractivity contribution in [1.29, 1.82) is 5.26 Å². The molecular formula is C17H22F2N4O2. The molecule has 1 aromatic heterocycles. The molecule has 2 fully saturated rings. The topological polar surface area (TPSA) is 93.9 Å². The fourth-order valence-electron chi connectivity index (χ4n) is 4.18. The van der Waals surface area contributed by atoms with Gasteiger partial charge in [-0.3, -0.25) is 9.48 Å². The quantitative estimate of drug-likeness (QED) is 0.899. The van der Waals surface area contributed by atoms with Crippen molar-refractivity contribution in [3.05, 3.63) is 18.0 Å². The van der Waals surface area contributed by atoms with Crippen molar-refractivity contribution in [2.24, 2.45) is 23.0 Å². The highest BCUT2D eigenvalue weighted by Gasteiger charge is 2.53. The number of hydrogen-bond acceptors (Lipinski definition) is 5. The fraction of sp³-hybridized carbons (Fsp3) is 0.706. The molecule has 25 heavy (non-hydrogen) atoms. The van der Waals surface area contributed by atoms with Crippen molar-refractivity contribution in [3.8, 4) is 6.07 Å². The standard InChI is InChI=1S/C17H22F2N4O2/c1-17(2)3-11(24)15-12(4-17)25-16(21)10(5-20)14(15)9-6-22-23(7-9)8-13(18)19/h6-7,10,12-16H,3-4,8,21H2,1-2H3/t10-,12-,14-,15+,16-/m0/s1. The third-order valence-corrected chi connectivity index (χ3v) is 5.15. The third-order valence-electron chi connectivity index (χ3n) is 5.15. The summed E-state index contributed by atoms with van der Waals surface area (Å²) in [4.78, 5) is 12.8. The molecule has 1 aliphatic carbocycles. The summed E-state index contributed by atoms with van der Waals surface area (Å²) in [6.45, 7) is 3.48. The van der Waals surface area contributed by atoms with Crippen LogP contribution in [-0.4, -0.2) is 34.3 Å². The lowest BCUT2D eigenvalue weighted by molar-refractivity contribution is -0.163. The number of carbonyl (C=O) groups excluding carboxylic acids is 1. The monoisotopic (exact) mass is 352 g/mol. The van der Waals surface area contributed by atoms with Gasteiger partial charge in [0, 0.05) is 18.5 Å². The Morgan fingerprint density at radius 1 is 1.52 bits per heavy atom. The van der Waals surface area contributed by atoms with Gasteiger partial charge in [-0.25, -0.2) is 8.78 Å². The first-order valence-corrected chi connectivity index (χ1v) is 8.36. The smallest absolute Gasteiger partial charge is 0.257 e. The molecule has 8 heteroatoms. The van der Waals surface area contributed by atoms with Gasteiger partial charge < -0.3 is 10.5 Å². The van der Waals surface area contributed by atoms with Gasteiger partial charge in [-0.05, 0) is 17.4 Å². The summed E-state index contributed by atoms with van der Waals surface area (Å²) in [5.41, 5.74) is 6.44. The Morgan fingerprint density at radius 2 is 2.24 bits per heavy atom. The van der Waals surface area contributed by atoms with Crippen LogP contribution in [0.5, 0.6) is 0 Å². The van der Waals surface area contributed by atoms with E-state index < -0.39 is 37.0 Å². The van der Waals surface area contributed by atoms with Crippen LogP contribution in [0.4, 0.5) is 8.78 Å². The molecule has 1 saturated carbocycles. The van der Waals surface area contributed by atoms with Crippen molar-refractivity contribution in [3.63, 3.8) is 0 Å². The number of hydrogen-bond donors (Lipinski definition) is 1. The predicted molar refractivity (Wildman–Crippen MR) is 84.4 cm³/mol. The molecule has 1 aliphatic heterocycles. The SMILES string of the molecule is CC1(C)CC(=O)[C@H]2[C@@H](c3cnn(CC(F)F)c3)[C@H](C#N)[C@@H](N)O[C@H]2C1. The maximum absolute atomic E-state index is 12.8. The Morgan fingerprint density at radius 3 is 2.88 bits per heavy atom. The van der Waals surface area contributed by atoms with Crippen molar-refractivity contribution in [2.45, 2.75) is 57.9 Å². The molecule has 2 N–H and O–H groups in total. The second kappa shape index (κ2) is 6.46. The van der Waals surface area contributed by atoms with Gasteiger partial charge in [0.25, 0.3) is 6.43 Å². The van der Waals surface area contributed by atoms with Crippen molar-refractivity contribution in [1.82, 2.24) is 9.78 Å². The number of ether oxygens (including phenoxy) is 1. The van der Waals surface area contributed by atoms with Gasteiger partial charge in [-0.2, -0.15) is 10.4 Å². The van der Waals surface area contributed by atoms with Gasteiger partial charge in [-0.15, -0.1) is 0 Å². The number of alkyl halides is 2. The van der Waals surface area contributed by atoms with Gasteiger partial charge in [0.05, 0.1) is 30.2 Å². The van der Waals surface area contributed by atoms with Gasteiger partial charge in [0.1, 0.15) is 18.6 Å². The molecule has 6 nitrogen and oxygen atoms in total. The third kappa shape index (κ3) is 3.44. The van der Waals surface area contributed by atoms with Crippen LogP contribution < -0.4 is 5.73 Å². The number of nitriles is 1. The highest BCUT2D eigenvalue weighted by Crippen LogP contribution is 2.49. The second-order valence-electron chi connectivity index (χ2n) is 7.74. The first-order chi connectivity index (χ1) is 11.7. The molecule has 1 aromatic rings. The molecule has 0 unspecified atom stereocenters. The van der Waals surface area contributed by atoms with Crippen molar-refractivity contribution < 1.29 is 18.3 Å². The summed E-state index contributed by atoms with van der Waals surface area (Å²) in [5.74, 6) is -1.69. The Kier molecular flexibility index (Phi) is 4.64. The Hall–Kier alpha value is -1.85. The first kappa shape index (κ1) is 18.0. The van der Waals surface area contributed by atoms with Crippen molar-refractivity contribution >= 4 is 5.78 Å². The van der Waals surface area contributed by atoms with Crippen LogP contribution in [0.15, 0.2) is 12.4 Å². The number of halogens is 2. The minimum atomic E-state index is -2.53. The molecule has 0 spiro atoms. The fourth-order valence-corrected chi connectivity index (χ4v) is 4.18. The number of nitrogens with two attached hydrogens (primary N) is 1. The molecule has 0 radical (unpaired) electrons. The van der Waals surface area contributed by atoms with E-state index in [0.29, 0.717) is 18.4 Å². The molecule has 0 amide bonds. The Balaban J connectivity index is 1.97. The van der Waals surface area contributed by atoms with Crippen LogP contribution >= 0.6 is 0 Å². The lowest BCUT2D eigenvalue weighted by atomic mass is 9.62. The minimum absolute atomic E-state index is 0.0278. The Bertz CT molecular complexity index is 697. The van der Waals surface area contributed by atoms with E-state index in [1.165, 1.54) is 12.4 Å². The summed E-state index contributed by atoms with van der Waals surface area (Å²) < 4.78 is 32.1. The van der Waals surface area contributed by atoms with E-state index in [2.05, 4.69) is 11.2 Å². The lowest BCUT2D eigenvalue weighted by Gasteiger charge is -2.48. The predicted octanol–water partition coefficient (Wildman–Crippen LogP) is 2.06. The number of nitrogens with zero attached hydrogens (tertiary/aromatic N) is 3. The number of rotatable bonds is 3. The zero-order chi connectivity index (χ0) is 18.4. The van der Waals surface area contributed by atoms with E-state index in [1.807, 2.05) is 13.8 Å². The van der Waals surface area contributed by atoms with Gasteiger partial charge in [0.15, 0.2) is 0 Å². The summed E-state index contributed by atoms with van der Waals surface area (Å²) >= 11 is 0. The molecular weight excluding hydrogens is 330 g/mol. The number of carbonyl (C=O) groups is 1. The zero-order valence-electron chi connectivity index (χ0n) is 14.2. The van der Waals surface area contributed by atoms with Crippen molar-refractivity contribution in [2.75, 3.05) is 0 Å². The van der Waals surface area contributed by atoms with E-state index >= 15 is 0 Å². The summed E-state index contributed by atoms with van der Waals surface area (Å²) in [7, 11) is 0. The van der Waals surface area contributed by atoms with Crippen LogP contribution in [0.1, 0.15) is 38.2 Å². The van der Waals surface area contributed by atoms with Crippen LogP contribution in [0, 0.1) is 28.6 Å². The summed E-state index contributed by atoms with van der Waals surface area (Å²) in [6.07, 6.45) is 0.281. The molecule has 2 heterocycles. The van der Waals surface area contributed by atoms with E-state index in [9.17, 15) is 18.8 Å². The summed E-state index contributed by atoms with van der Waals surface area (Å²) in [5, 5.41) is 13.5. The number of ketones is 1. The van der Waals surface area contributed by atoms with E-state index in [0.717, 1.165) is 4.68 Å². The summed E-state index contributed by atoms with van der Waals surface area (Å²) in [6, 6.07) is 2.14. The van der Waals surface area contributed by atoms with E-state index in [4.69, 9.17) is 10.5 Å². The lowest BCUT2D eigenvalue weighted by Crippen LogP contribution is -2.56. The Labute approximate surface area is 144 Å². The minimum Gasteiger partial charge on any atom is -0.358 e. The molecule has 2 aliphatic rings. The normalized spacial score (nSPS) is 34.6. The molecule has 0 bridgehead atoms. The van der Waals surface area contributed by atoms with Crippen LogP contribution in [0.2, 0.25) is 0 Å². The average Bonchev–Trinajstić information content (AvgIpc) is 2.91.